The summed E-state index contributed by atoms with van der Waals surface area (Å²) in [4.78, 5) is 28.4. The smallest absolute Gasteiger partial charge is 0.287 e. The Labute approximate surface area is 171 Å². The Morgan fingerprint density at radius 2 is 1.89 bits per heavy atom. The first-order valence-corrected chi connectivity index (χ1v) is 9.92. The predicted molar refractivity (Wildman–Crippen MR) is 107 cm³/mol. The van der Waals surface area contributed by atoms with Crippen LogP contribution in [0.3, 0.4) is 0 Å². The number of nitrogens with zero attached hydrogens (tertiary/aromatic N) is 2. The number of carbonyl (C=O) groups excluding carboxylic acids is 2. The topological polar surface area (TPSA) is 65.8 Å². The summed E-state index contributed by atoms with van der Waals surface area (Å²) in [6.07, 6.45) is 0. The summed E-state index contributed by atoms with van der Waals surface area (Å²) < 4.78 is 5.65. The molecule has 1 N–H and O–H groups in total. The van der Waals surface area contributed by atoms with Gasteiger partial charge in [0.2, 0.25) is 5.91 Å². The molecule has 1 aromatic carbocycles. The van der Waals surface area contributed by atoms with Crippen LogP contribution in [-0.2, 0) is 4.79 Å². The van der Waals surface area contributed by atoms with Crippen LogP contribution in [-0.4, -0.2) is 54.3 Å². The lowest BCUT2D eigenvalue weighted by atomic mass is 10.1. The fraction of sp³-hybridized carbons (Fsp3) is 0.368. The third-order valence-electron chi connectivity index (χ3n) is 4.77. The van der Waals surface area contributed by atoms with Crippen LogP contribution in [0.4, 0.5) is 0 Å². The van der Waals surface area contributed by atoms with E-state index >= 15 is 0 Å². The van der Waals surface area contributed by atoms with Gasteiger partial charge < -0.3 is 14.6 Å². The highest BCUT2D eigenvalue weighted by atomic mass is 79.9. The van der Waals surface area contributed by atoms with Gasteiger partial charge in [0.25, 0.3) is 5.91 Å². The molecule has 2 heterocycles. The Morgan fingerprint density at radius 3 is 2.52 bits per heavy atom. The molecule has 1 fully saturated rings. The monoisotopic (exact) mass is 453 g/mol. The number of carbonyl (C=O) groups is 2. The standard InChI is InChI=1S/C19H21BrClN3O3/c1-13(14-4-2-3-5-15(14)21)23-8-10-24(11-9-23)18(25)12-22-19(26)16-6-7-17(20)27-16/h2-7,13H,8-12H2,1H3,(H,22,26). The zero-order valence-corrected chi connectivity index (χ0v) is 17.3. The van der Waals surface area contributed by atoms with Crippen molar-refractivity contribution in [3.8, 4) is 0 Å². The number of nitrogens with one attached hydrogen (secondary N) is 1. The summed E-state index contributed by atoms with van der Waals surface area (Å²) in [6.45, 7) is 4.84. The van der Waals surface area contributed by atoms with E-state index < -0.39 is 5.91 Å². The first-order chi connectivity index (χ1) is 13.0. The Morgan fingerprint density at radius 1 is 1.19 bits per heavy atom. The number of benzene rings is 1. The average Bonchev–Trinajstić information content (AvgIpc) is 3.12. The van der Waals surface area contributed by atoms with Crippen molar-refractivity contribution in [1.82, 2.24) is 15.1 Å². The fourth-order valence-corrected chi connectivity index (χ4v) is 3.76. The minimum absolute atomic E-state index is 0.0444. The molecule has 2 aromatic rings. The summed E-state index contributed by atoms with van der Waals surface area (Å²) in [5.74, 6) is -0.327. The van der Waals surface area contributed by atoms with E-state index in [4.69, 9.17) is 16.0 Å². The third-order valence-corrected chi connectivity index (χ3v) is 5.54. The van der Waals surface area contributed by atoms with E-state index in [0.717, 1.165) is 23.7 Å². The van der Waals surface area contributed by atoms with Gasteiger partial charge in [-0.05, 0) is 46.6 Å². The number of hydrogen-bond acceptors (Lipinski definition) is 4. The average molecular weight is 455 g/mol. The largest absolute Gasteiger partial charge is 0.444 e. The maximum atomic E-state index is 12.4. The van der Waals surface area contributed by atoms with Gasteiger partial charge in [-0.15, -0.1) is 0 Å². The molecule has 0 radical (unpaired) electrons. The van der Waals surface area contributed by atoms with Gasteiger partial charge in [0.15, 0.2) is 10.4 Å². The van der Waals surface area contributed by atoms with Gasteiger partial charge in [-0.3, -0.25) is 14.5 Å². The van der Waals surface area contributed by atoms with Crippen molar-refractivity contribution in [3.63, 3.8) is 0 Å². The van der Waals surface area contributed by atoms with Gasteiger partial charge >= 0.3 is 0 Å². The van der Waals surface area contributed by atoms with Crippen LogP contribution in [0.2, 0.25) is 5.02 Å². The molecule has 144 valence electrons. The minimum atomic E-state index is -0.403. The Kier molecular flexibility index (Phi) is 6.57. The molecule has 3 rings (SSSR count). The molecule has 6 nitrogen and oxygen atoms in total. The molecule has 1 aliphatic heterocycles. The lowest BCUT2D eigenvalue weighted by Crippen LogP contribution is -2.51. The molecule has 27 heavy (non-hydrogen) atoms. The van der Waals surface area contributed by atoms with Crippen molar-refractivity contribution in [1.29, 1.82) is 0 Å². The SMILES string of the molecule is CC(c1ccccc1Cl)N1CCN(C(=O)CNC(=O)c2ccc(Br)o2)CC1. The van der Waals surface area contributed by atoms with Crippen molar-refractivity contribution >= 4 is 39.3 Å². The van der Waals surface area contributed by atoms with E-state index in [-0.39, 0.29) is 24.3 Å². The second-order valence-electron chi connectivity index (χ2n) is 6.40. The summed E-state index contributed by atoms with van der Waals surface area (Å²) >= 11 is 9.45. The third kappa shape index (κ3) is 4.91. The number of halogens is 2. The van der Waals surface area contributed by atoms with E-state index in [9.17, 15) is 9.59 Å². The fourth-order valence-electron chi connectivity index (χ4n) is 3.16. The summed E-state index contributed by atoms with van der Waals surface area (Å²) in [5, 5.41) is 3.36. The van der Waals surface area contributed by atoms with Gasteiger partial charge in [0, 0.05) is 37.2 Å². The number of piperazine rings is 1. The molecule has 1 aromatic heterocycles. The zero-order valence-electron chi connectivity index (χ0n) is 15.0. The Bertz CT molecular complexity index is 818. The Balaban J connectivity index is 1.48. The van der Waals surface area contributed by atoms with Crippen LogP contribution in [0.1, 0.15) is 29.1 Å². The molecule has 8 heteroatoms. The van der Waals surface area contributed by atoms with E-state index in [1.165, 1.54) is 0 Å². The number of amides is 2. The van der Waals surface area contributed by atoms with Crippen LogP contribution in [0.5, 0.6) is 0 Å². The highest BCUT2D eigenvalue weighted by molar-refractivity contribution is 9.10. The molecular formula is C19H21BrClN3O3. The van der Waals surface area contributed by atoms with Crippen LogP contribution in [0.15, 0.2) is 45.5 Å². The summed E-state index contributed by atoms with van der Waals surface area (Å²) in [6, 6.07) is 11.2. The minimum Gasteiger partial charge on any atom is -0.444 e. The van der Waals surface area contributed by atoms with Crippen molar-refractivity contribution in [2.75, 3.05) is 32.7 Å². The van der Waals surface area contributed by atoms with E-state index in [0.29, 0.717) is 17.8 Å². The van der Waals surface area contributed by atoms with E-state index in [1.807, 2.05) is 24.3 Å². The quantitative estimate of drug-likeness (QED) is 0.753. The van der Waals surface area contributed by atoms with Gasteiger partial charge in [-0.2, -0.15) is 0 Å². The molecule has 1 aliphatic rings. The molecule has 0 bridgehead atoms. The van der Waals surface area contributed by atoms with Crippen LogP contribution in [0.25, 0.3) is 0 Å². The van der Waals surface area contributed by atoms with Crippen molar-refractivity contribution in [2.45, 2.75) is 13.0 Å². The first kappa shape index (κ1) is 19.9. The van der Waals surface area contributed by atoms with Gasteiger partial charge in [0.1, 0.15) is 0 Å². The van der Waals surface area contributed by atoms with Crippen LogP contribution >= 0.6 is 27.5 Å². The van der Waals surface area contributed by atoms with Gasteiger partial charge in [-0.1, -0.05) is 29.8 Å². The maximum absolute atomic E-state index is 12.4. The molecular weight excluding hydrogens is 434 g/mol. The van der Waals surface area contributed by atoms with E-state index in [1.54, 1.807) is 17.0 Å². The summed E-state index contributed by atoms with van der Waals surface area (Å²) in [7, 11) is 0. The molecule has 0 aliphatic carbocycles. The summed E-state index contributed by atoms with van der Waals surface area (Å²) in [5.41, 5.74) is 1.09. The number of furan rings is 1. The molecule has 0 spiro atoms. The van der Waals surface area contributed by atoms with Gasteiger partial charge in [0.05, 0.1) is 6.54 Å². The highest BCUT2D eigenvalue weighted by Gasteiger charge is 2.26. The second-order valence-corrected chi connectivity index (χ2v) is 7.59. The first-order valence-electron chi connectivity index (χ1n) is 8.75. The lowest BCUT2D eigenvalue weighted by molar-refractivity contribution is -0.132. The highest BCUT2D eigenvalue weighted by Crippen LogP contribution is 2.27. The van der Waals surface area contributed by atoms with Crippen molar-refractivity contribution in [2.24, 2.45) is 0 Å². The maximum Gasteiger partial charge on any atom is 0.287 e. The lowest BCUT2D eigenvalue weighted by Gasteiger charge is -2.38. The Hall–Kier alpha value is -1.83. The van der Waals surface area contributed by atoms with E-state index in [2.05, 4.69) is 33.1 Å². The number of rotatable bonds is 5. The van der Waals surface area contributed by atoms with Crippen molar-refractivity contribution in [3.05, 3.63) is 57.4 Å². The predicted octanol–water partition coefficient (Wildman–Crippen LogP) is 3.33. The molecule has 1 unspecified atom stereocenters. The number of hydrogen-bond donors (Lipinski definition) is 1. The second kappa shape index (κ2) is 8.91. The van der Waals surface area contributed by atoms with Crippen molar-refractivity contribution < 1.29 is 14.0 Å². The molecule has 0 saturated carbocycles. The molecule has 2 amide bonds. The van der Waals surface area contributed by atoms with Crippen LogP contribution in [0, 0.1) is 0 Å². The molecule has 1 saturated heterocycles. The zero-order chi connectivity index (χ0) is 19.4. The normalized spacial score (nSPS) is 16.2. The molecule has 1 atom stereocenters. The van der Waals surface area contributed by atoms with Gasteiger partial charge in [-0.25, -0.2) is 0 Å². The van der Waals surface area contributed by atoms with Crippen LogP contribution < -0.4 is 5.32 Å².